The molecule has 8 atom stereocenters. The molecule has 9 heteroatoms. The SMILES string of the molecule is CC(C)CCCC(C)CCCC(C)CCCC(C)CC(=O)OCC(COP(=O)(O)OCCCC(C)(C)C)OC(=O)CC(C)CCCC(C)CCCC(C)CCCC(C)C. The van der Waals surface area contributed by atoms with Crippen molar-refractivity contribution < 1.29 is 37.6 Å². The van der Waals surface area contributed by atoms with Gasteiger partial charge in [-0.15, -0.1) is 0 Å². The highest BCUT2D eigenvalue weighted by atomic mass is 31.2. The van der Waals surface area contributed by atoms with E-state index in [0.29, 0.717) is 18.3 Å². The maximum atomic E-state index is 13.1. The lowest BCUT2D eigenvalue weighted by molar-refractivity contribution is -0.162. The van der Waals surface area contributed by atoms with Crippen LogP contribution in [-0.4, -0.2) is 42.8 Å². The van der Waals surface area contributed by atoms with E-state index in [1.54, 1.807) is 0 Å². The van der Waals surface area contributed by atoms with E-state index in [0.717, 1.165) is 68.6 Å². The maximum absolute atomic E-state index is 13.1. The van der Waals surface area contributed by atoms with E-state index in [4.69, 9.17) is 18.5 Å². The summed E-state index contributed by atoms with van der Waals surface area (Å²) in [6.07, 6.45) is 22.9. The minimum absolute atomic E-state index is 0.0760. The molecule has 0 rings (SSSR count). The predicted octanol–water partition coefficient (Wildman–Crippen LogP) is 15.3. The topological polar surface area (TPSA) is 108 Å². The van der Waals surface area contributed by atoms with Gasteiger partial charge in [0.25, 0.3) is 0 Å². The molecular weight excluding hydrogens is 760 g/mol. The van der Waals surface area contributed by atoms with Crippen LogP contribution in [0.2, 0.25) is 0 Å². The summed E-state index contributed by atoms with van der Waals surface area (Å²) in [4.78, 5) is 36.3. The zero-order valence-corrected chi connectivity index (χ0v) is 42.0. The Morgan fingerprint density at radius 1 is 0.492 bits per heavy atom. The van der Waals surface area contributed by atoms with Crippen LogP contribution >= 0.6 is 7.82 Å². The van der Waals surface area contributed by atoms with Crippen LogP contribution in [-0.2, 0) is 32.7 Å². The summed E-state index contributed by atoms with van der Waals surface area (Å²) < 4.78 is 34.5. The molecule has 1 N–H and O–H groups in total. The molecule has 0 aliphatic carbocycles. The first-order chi connectivity index (χ1) is 27.6. The molecule has 0 aliphatic rings. The first-order valence-electron chi connectivity index (χ1n) is 24.5. The van der Waals surface area contributed by atoms with E-state index in [2.05, 4.69) is 90.0 Å². The summed E-state index contributed by atoms with van der Waals surface area (Å²) >= 11 is 0. The van der Waals surface area contributed by atoms with Gasteiger partial charge < -0.3 is 14.4 Å². The summed E-state index contributed by atoms with van der Waals surface area (Å²) in [7, 11) is -4.39. The molecule has 352 valence electrons. The Hall–Kier alpha value is -0.950. The second-order valence-corrected chi connectivity index (χ2v) is 22.9. The Morgan fingerprint density at radius 2 is 0.847 bits per heavy atom. The predicted molar refractivity (Wildman–Crippen MR) is 248 cm³/mol. The first kappa shape index (κ1) is 58.0. The fraction of sp³-hybridized carbons (Fsp3) is 0.960. The fourth-order valence-corrected chi connectivity index (χ4v) is 8.74. The van der Waals surface area contributed by atoms with Crippen LogP contribution in [0.15, 0.2) is 0 Å². The number of phosphoric acid groups is 1. The quantitative estimate of drug-likeness (QED) is 0.0371. The lowest BCUT2D eigenvalue weighted by atomic mass is 9.91. The average Bonchev–Trinajstić information content (AvgIpc) is 3.10. The lowest BCUT2D eigenvalue weighted by Crippen LogP contribution is -2.30. The van der Waals surface area contributed by atoms with Crippen LogP contribution in [0.5, 0.6) is 0 Å². The molecule has 0 aromatic rings. The van der Waals surface area contributed by atoms with Gasteiger partial charge in [-0.1, -0.05) is 206 Å². The number of hydrogen-bond acceptors (Lipinski definition) is 7. The van der Waals surface area contributed by atoms with Gasteiger partial charge in [-0.25, -0.2) is 4.57 Å². The van der Waals surface area contributed by atoms with Crippen molar-refractivity contribution >= 4 is 19.8 Å². The van der Waals surface area contributed by atoms with Gasteiger partial charge in [0.05, 0.1) is 13.2 Å². The molecule has 0 spiro atoms. The van der Waals surface area contributed by atoms with Gasteiger partial charge in [0.15, 0.2) is 6.10 Å². The third kappa shape index (κ3) is 38.5. The van der Waals surface area contributed by atoms with E-state index in [9.17, 15) is 19.0 Å². The van der Waals surface area contributed by atoms with Crippen molar-refractivity contribution in [3.05, 3.63) is 0 Å². The van der Waals surface area contributed by atoms with E-state index in [1.165, 1.54) is 77.0 Å². The second-order valence-electron chi connectivity index (χ2n) is 21.5. The van der Waals surface area contributed by atoms with Crippen molar-refractivity contribution in [2.75, 3.05) is 19.8 Å². The third-order valence-corrected chi connectivity index (χ3v) is 13.0. The van der Waals surface area contributed by atoms with Gasteiger partial charge in [0.2, 0.25) is 0 Å². The van der Waals surface area contributed by atoms with Gasteiger partial charge in [-0.05, 0) is 65.6 Å². The number of rotatable bonds is 38. The molecule has 59 heavy (non-hydrogen) atoms. The maximum Gasteiger partial charge on any atom is 0.472 e. The summed E-state index contributed by atoms with van der Waals surface area (Å²) in [6, 6.07) is 0. The molecule has 0 heterocycles. The van der Waals surface area contributed by atoms with Crippen molar-refractivity contribution in [1.82, 2.24) is 0 Å². The monoisotopic (exact) mass is 859 g/mol. The van der Waals surface area contributed by atoms with Crippen molar-refractivity contribution in [1.29, 1.82) is 0 Å². The van der Waals surface area contributed by atoms with Crippen LogP contribution < -0.4 is 0 Å². The van der Waals surface area contributed by atoms with Crippen LogP contribution in [0.4, 0.5) is 0 Å². The summed E-state index contributed by atoms with van der Waals surface area (Å²) in [6.45, 7) is 28.5. The van der Waals surface area contributed by atoms with Crippen LogP contribution in [0, 0.1) is 52.8 Å². The summed E-state index contributed by atoms with van der Waals surface area (Å²) in [5, 5.41) is 0. The molecule has 0 saturated heterocycles. The van der Waals surface area contributed by atoms with Gasteiger partial charge >= 0.3 is 19.8 Å². The molecule has 0 aromatic carbocycles. The molecule has 0 aromatic heterocycles. The van der Waals surface area contributed by atoms with E-state index in [1.807, 2.05) is 0 Å². The lowest BCUT2D eigenvalue weighted by Gasteiger charge is -2.22. The molecule has 0 aliphatic heterocycles. The van der Waals surface area contributed by atoms with E-state index in [-0.39, 0.29) is 49.3 Å². The Balaban J connectivity index is 4.85. The Labute approximate surface area is 366 Å². The molecule has 8 unspecified atom stereocenters. The van der Waals surface area contributed by atoms with Crippen LogP contribution in [0.1, 0.15) is 231 Å². The highest BCUT2D eigenvalue weighted by molar-refractivity contribution is 7.47. The van der Waals surface area contributed by atoms with Gasteiger partial charge in [0, 0.05) is 12.8 Å². The normalized spacial score (nSPS) is 16.9. The summed E-state index contributed by atoms with van der Waals surface area (Å²) in [5.74, 6) is 4.02. The number of hydrogen-bond donors (Lipinski definition) is 1. The molecule has 0 amide bonds. The molecule has 0 saturated carbocycles. The number of ether oxygens (including phenoxy) is 2. The third-order valence-electron chi connectivity index (χ3n) is 12.0. The second kappa shape index (κ2) is 33.6. The number of esters is 2. The number of carbonyl (C=O) groups is 2. The largest absolute Gasteiger partial charge is 0.472 e. The van der Waals surface area contributed by atoms with Gasteiger partial charge in [0.1, 0.15) is 6.61 Å². The standard InChI is InChI=1S/C50H99O8P/c1-39(2)21-14-23-41(5)25-16-27-43(7)29-18-31-45(9)35-48(51)55-37-47(38-57-59(53,54)56-34-20-33-50(11,12)13)58-49(52)36-46(10)32-19-30-44(8)28-17-26-42(6)24-15-22-40(3)4/h39-47H,14-38H2,1-13H3,(H,53,54). The Kier molecular flexibility index (Phi) is 33.0. The molecule has 0 bridgehead atoms. The smallest absolute Gasteiger partial charge is 0.462 e. The van der Waals surface area contributed by atoms with Gasteiger partial charge in [-0.2, -0.15) is 0 Å². The minimum atomic E-state index is -4.39. The molecule has 8 nitrogen and oxygen atoms in total. The zero-order valence-electron chi connectivity index (χ0n) is 41.1. The van der Waals surface area contributed by atoms with Crippen molar-refractivity contribution in [3.63, 3.8) is 0 Å². The average molecular weight is 859 g/mol. The van der Waals surface area contributed by atoms with Crippen molar-refractivity contribution in [2.24, 2.45) is 52.8 Å². The number of phosphoric ester groups is 1. The first-order valence-corrected chi connectivity index (χ1v) is 26.0. The highest BCUT2D eigenvalue weighted by Gasteiger charge is 2.27. The van der Waals surface area contributed by atoms with Crippen molar-refractivity contribution in [2.45, 2.75) is 237 Å². The highest BCUT2D eigenvalue weighted by Crippen LogP contribution is 2.44. The fourth-order valence-electron chi connectivity index (χ4n) is 7.95. The minimum Gasteiger partial charge on any atom is -0.462 e. The zero-order chi connectivity index (χ0) is 44.9. The van der Waals surface area contributed by atoms with E-state index < -0.39 is 26.5 Å². The van der Waals surface area contributed by atoms with E-state index >= 15 is 0 Å². The Bertz CT molecular complexity index is 1090. The molecule has 0 radical (unpaired) electrons. The summed E-state index contributed by atoms with van der Waals surface area (Å²) in [5.41, 5.74) is 0.0778. The van der Waals surface area contributed by atoms with Crippen molar-refractivity contribution in [3.8, 4) is 0 Å². The molecular formula is C50H99O8P. The molecule has 0 fully saturated rings. The van der Waals surface area contributed by atoms with Gasteiger partial charge in [-0.3, -0.25) is 18.6 Å². The number of carbonyl (C=O) groups excluding carboxylic acids is 2. The van der Waals surface area contributed by atoms with Crippen LogP contribution in [0.25, 0.3) is 0 Å². The van der Waals surface area contributed by atoms with Crippen LogP contribution in [0.3, 0.4) is 0 Å². The Morgan fingerprint density at radius 3 is 1.22 bits per heavy atom.